The van der Waals surface area contributed by atoms with E-state index in [-0.39, 0.29) is 18.4 Å². The molecule has 0 rings (SSSR count). The van der Waals surface area contributed by atoms with E-state index in [9.17, 15) is 9.59 Å². The third-order valence-electron chi connectivity index (χ3n) is 2.43. The van der Waals surface area contributed by atoms with Crippen molar-refractivity contribution in [1.29, 1.82) is 0 Å². The molecule has 100 valence electrons. The van der Waals surface area contributed by atoms with Crippen LogP contribution in [0, 0.1) is 0 Å². The molecule has 5 nitrogen and oxygen atoms in total. The van der Waals surface area contributed by atoms with E-state index < -0.39 is 6.09 Å². The van der Waals surface area contributed by atoms with Crippen LogP contribution in [0.4, 0.5) is 4.79 Å². The number of hydrogen-bond acceptors (Lipinski definition) is 4. The van der Waals surface area contributed by atoms with Gasteiger partial charge in [0.05, 0.1) is 19.6 Å². The second-order valence-electron chi connectivity index (χ2n) is 3.76. The number of ether oxygens (including phenoxy) is 2. The van der Waals surface area contributed by atoms with Crippen LogP contribution in [-0.4, -0.2) is 43.3 Å². The maximum atomic E-state index is 11.6. The Morgan fingerprint density at radius 2 is 1.71 bits per heavy atom. The van der Waals surface area contributed by atoms with E-state index >= 15 is 0 Å². The Labute approximate surface area is 103 Å². The third kappa shape index (κ3) is 6.14. The number of rotatable bonds is 7. The SMILES string of the molecule is CCCC(CC(=O)OCC)N(C)C(=O)OCC. The van der Waals surface area contributed by atoms with E-state index in [0.717, 1.165) is 12.8 Å². The zero-order valence-electron chi connectivity index (χ0n) is 11.2. The Kier molecular flexibility index (Phi) is 8.19. The van der Waals surface area contributed by atoms with Gasteiger partial charge in [-0.15, -0.1) is 0 Å². The van der Waals surface area contributed by atoms with Gasteiger partial charge in [0.15, 0.2) is 0 Å². The van der Waals surface area contributed by atoms with Crippen molar-refractivity contribution >= 4 is 12.1 Å². The van der Waals surface area contributed by atoms with Gasteiger partial charge in [0.25, 0.3) is 0 Å². The molecule has 0 bridgehead atoms. The first kappa shape index (κ1) is 15.7. The quantitative estimate of drug-likeness (QED) is 0.645. The smallest absolute Gasteiger partial charge is 0.409 e. The fourth-order valence-corrected chi connectivity index (χ4v) is 1.55. The van der Waals surface area contributed by atoms with Gasteiger partial charge in [0.1, 0.15) is 0 Å². The molecule has 0 aromatic rings. The van der Waals surface area contributed by atoms with Crippen molar-refractivity contribution in [3.8, 4) is 0 Å². The van der Waals surface area contributed by atoms with Crippen molar-refractivity contribution in [2.45, 2.75) is 46.1 Å². The highest BCUT2D eigenvalue weighted by atomic mass is 16.6. The monoisotopic (exact) mass is 245 g/mol. The summed E-state index contributed by atoms with van der Waals surface area (Å²) in [5, 5.41) is 0. The Morgan fingerprint density at radius 3 is 2.18 bits per heavy atom. The average Bonchev–Trinajstić information content (AvgIpc) is 2.28. The van der Waals surface area contributed by atoms with Gasteiger partial charge in [-0.1, -0.05) is 13.3 Å². The molecule has 0 fully saturated rings. The highest BCUT2D eigenvalue weighted by Crippen LogP contribution is 2.11. The van der Waals surface area contributed by atoms with Crippen molar-refractivity contribution in [3.63, 3.8) is 0 Å². The van der Waals surface area contributed by atoms with Gasteiger partial charge in [-0.05, 0) is 20.3 Å². The zero-order chi connectivity index (χ0) is 13.3. The minimum absolute atomic E-state index is 0.155. The number of esters is 1. The third-order valence-corrected chi connectivity index (χ3v) is 2.43. The molecular formula is C12H23NO4. The van der Waals surface area contributed by atoms with E-state index in [4.69, 9.17) is 9.47 Å². The molecule has 1 atom stereocenters. The molecule has 1 unspecified atom stereocenters. The summed E-state index contributed by atoms with van der Waals surface area (Å²) in [5.74, 6) is -0.276. The van der Waals surface area contributed by atoms with Gasteiger partial charge in [-0.2, -0.15) is 0 Å². The van der Waals surface area contributed by atoms with Crippen LogP contribution >= 0.6 is 0 Å². The standard InChI is InChI=1S/C12H23NO4/c1-5-8-10(9-11(14)16-6-2)13(4)12(15)17-7-3/h10H,5-9H2,1-4H3. The summed E-state index contributed by atoms with van der Waals surface area (Å²) >= 11 is 0. The van der Waals surface area contributed by atoms with Gasteiger partial charge >= 0.3 is 12.1 Å². The van der Waals surface area contributed by atoms with E-state index in [1.807, 2.05) is 6.92 Å². The van der Waals surface area contributed by atoms with Crippen molar-refractivity contribution in [2.75, 3.05) is 20.3 Å². The molecule has 5 heteroatoms. The molecule has 0 aliphatic rings. The molecule has 17 heavy (non-hydrogen) atoms. The number of carbonyl (C=O) groups is 2. The second-order valence-corrected chi connectivity index (χ2v) is 3.76. The van der Waals surface area contributed by atoms with Crippen LogP contribution in [0.25, 0.3) is 0 Å². The molecule has 0 aromatic carbocycles. The average molecular weight is 245 g/mol. The van der Waals surface area contributed by atoms with E-state index in [0.29, 0.717) is 13.2 Å². The van der Waals surface area contributed by atoms with Crippen LogP contribution < -0.4 is 0 Å². The molecule has 0 heterocycles. The Balaban J connectivity index is 4.38. The normalized spacial score (nSPS) is 11.8. The van der Waals surface area contributed by atoms with Gasteiger partial charge in [-0.25, -0.2) is 4.79 Å². The Bertz CT molecular complexity index is 243. The minimum Gasteiger partial charge on any atom is -0.466 e. The lowest BCUT2D eigenvalue weighted by molar-refractivity contribution is -0.144. The summed E-state index contributed by atoms with van der Waals surface area (Å²) < 4.78 is 9.80. The summed E-state index contributed by atoms with van der Waals surface area (Å²) in [6.45, 7) is 6.23. The highest BCUT2D eigenvalue weighted by Gasteiger charge is 2.23. The van der Waals surface area contributed by atoms with Crippen LogP contribution in [0.2, 0.25) is 0 Å². The largest absolute Gasteiger partial charge is 0.466 e. The van der Waals surface area contributed by atoms with E-state index in [2.05, 4.69) is 0 Å². The molecular weight excluding hydrogens is 222 g/mol. The summed E-state index contributed by atoms with van der Waals surface area (Å²) in [6, 6.07) is -0.155. The van der Waals surface area contributed by atoms with E-state index in [1.165, 1.54) is 4.90 Å². The predicted molar refractivity (Wildman–Crippen MR) is 64.7 cm³/mol. The fraction of sp³-hybridized carbons (Fsp3) is 0.833. The van der Waals surface area contributed by atoms with Gasteiger partial charge < -0.3 is 14.4 Å². The molecule has 0 aromatic heterocycles. The molecule has 0 saturated heterocycles. The lowest BCUT2D eigenvalue weighted by Gasteiger charge is -2.26. The van der Waals surface area contributed by atoms with Gasteiger partial charge in [0.2, 0.25) is 0 Å². The van der Waals surface area contributed by atoms with Crippen LogP contribution in [0.15, 0.2) is 0 Å². The van der Waals surface area contributed by atoms with Crippen molar-refractivity contribution < 1.29 is 19.1 Å². The second kappa shape index (κ2) is 8.84. The number of carbonyl (C=O) groups excluding carboxylic acids is 2. The van der Waals surface area contributed by atoms with Gasteiger partial charge in [-0.3, -0.25) is 4.79 Å². The molecule has 1 amide bonds. The van der Waals surface area contributed by atoms with Gasteiger partial charge in [0, 0.05) is 13.1 Å². The lowest BCUT2D eigenvalue weighted by atomic mass is 10.1. The lowest BCUT2D eigenvalue weighted by Crippen LogP contribution is -2.39. The Hall–Kier alpha value is -1.26. The van der Waals surface area contributed by atoms with Crippen molar-refractivity contribution in [1.82, 2.24) is 4.90 Å². The topological polar surface area (TPSA) is 55.8 Å². The van der Waals surface area contributed by atoms with Crippen LogP contribution in [0.5, 0.6) is 0 Å². The predicted octanol–water partition coefficient (Wildman–Crippen LogP) is 2.20. The molecule has 0 N–H and O–H groups in total. The molecule has 0 radical (unpaired) electrons. The van der Waals surface area contributed by atoms with Crippen molar-refractivity contribution in [2.24, 2.45) is 0 Å². The number of nitrogens with zero attached hydrogens (tertiary/aromatic N) is 1. The summed E-state index contributed by atoms with van der Waals surface area (Å²) in [7, 11) is 1.65. The van der Waals surface area contributed by atoms with Crippen molar-refractivity contribution in [3.05, 3.63) is 0 Å². The Morgan fingerprint density at radius 1 is 1.12 bits per heavy atom. The van der Waals surface area contributed by atoms with E-state index in [1.54, 1.807) is 20.9 Å². The summed E-state index contributed by atoms with van der Waals surface area (Å²) in [4.78, 5) is 24.4. The molecule has 0 saturated carbocycles. The highest BCUT2D eigenvalue weighted by molar-refractivity contribution is 5.72. The maximum absolute atomic E-state index is 11.6. The van der Waals surface area contributed by atoms with Crippen LogP contribution in [0.1, 0.15) is 40.0 Å². The summed E-state index contributed by atoms with van der Waals surface area (Å²) in [6.07, 6.45) is 1.48. The van der Waals surface area contributed by atoms with Crippen LogP contribution in [-0.2, 0) is 14.3 Å². The first-order chi connectivity index (χ1) is 8.06. The first-order valence-corrected chi connectivity index (χ1v) is 6.11. The summed E-state index contributed by atoms with van der Waals surface area (Å²) in [5.41, 5.74) is 0. The first-order valence-electron chi connectivity index (χ1n) is 6.11. The fourth-order valence-electron chi connectivity index (χ4n) is 1.55. The molecule has 0 spiro atoms. The molecule has 0 aliphatic carbocycles. The maximum Gasteiger partial charge on any atom is 0.409 e. The molecule has 0 aliphatic heterocycles. The number of amides is 1. The minimum atomic E-state index is -0.393. The zero-order valence-corrected chi connectivity index (χ0v) is 11.2. The number of hydrogen-bond donors (Lipinski definition) is 0. The van der Waals surface area contributed by atoms with Crippen LogP contribution in [0.3, 0.4) is 0 Å².